The van der Waals surface area contributed by atoms with Crippen LogP contribution in [0.4, 0.5) is 0 Å². The van der Waals surface area contributed by atoms with E-state index in [1.54, 1.807) is 0 Å². The summed E-state index contributed by atoms with van der Waals surface area (Å²) >= 11 is 0. The number of ether oxygens (including phenoxy) is 1. The highest BCUT2D eigenvalue weighted by Gasteiger charge is 2.58. The Kier molecular flexibility index (Phi) is 31.1. The molecule has 2 nitrogen and oxygen atoms in total. The van der Waals surface area contributed by atoms with Gasteiger partial charge in [-0.1, -0.05) is 199 Å². The first-order chi connectivity index (χ1) is 24.6. The Balaban J connectivity index is -0.000000114. The van der Waals surface area contributed by atoms with E-state index in [2.05, 4.69) is 225 Å². The molecule has 1 saturated carbocycles. The zero-order chi connectivity index (χ0) is 49.9. The van der Waals surface area contributed by atoms with Crippen LogP contribution < -0.4 is 0 Å². The maximum absolute atomic E-state index is 11.5. The molecule has 0 aromatic rings. The van der Waals surface area contributed by atoms with Crippen LogP contribution in [0.2, 0.25) is 0 Å². The third-order valence-corrected chi connectivity index (χ3v) is 11.9. The van der Waals surface area contributed by atoms with Crippen LogP contribution in [-0.2, 0) is 9.53 Å². The fourth-order valence-electron chi connectivity index (χ4n) is 7.68. The number of carbonyl (C=O) groups is 1. The molecule has 0 aromatic heterocycles. The van der Waals surface area contributed by atoms with E-state index in [-0.39, 0.29) is 58.2 Å². The zero-order valence-corrected chi connectivity index (χ0v) is 48.9. The summed E-state index contributed by atoms with van der Waals surface area (Å²) in [5.41, 5.74) is 2.44. The summed E-state index contributed by atoms with van der Waals surface area (Å²) in [5.74, 6) is 11.0. The Bertz CT molecular complexity index is 1100. The molecule has 0 N–H and O–H groups in total. The highest BCUT2D eigenvalue weighted by molar-refractivity contribution is 8.16. The number of hydrogen-bond acceptors (Lipinski definition) is 2. The lowest BCUT2D eigenvalue weighted by Gasteiger charge is -2.41. The maximum atomic E-state index is 11.5. The van der Waals surface area contributed by atoms with E-state index >= 15 is 0 Å². The number of carbonyl (C=O) groups excluding carboxylic acids is 1. The fourth-order valence-corrected chi connectivity index (χ4v) is 9.52. The third kappa shape index (κ3) is 45.8. The minimum atomic E-state index is -0.196. The molecule has 0 saturated heterocycles. The molecule has 1 aliphatic rings. The summed E-state index contributed by atoms with van der Waals surface area (Å²) in [6.45, 7) is 78.5. The number of rotatable bonds is 0. The van der Waals surface area contributed by atoms with Crippen LogP contribution in [0.25, 0.3) is 0 Å². The summed E-state index contributed by atoms with van der Waals surface area (Å²) in [4.78, 5) is 11.5. The van der Waals surface area contributed by atoms with Crippen molar-refractivity contribution >= 4 is 22.1 Å². The van der Waals surface area contributed by atoms with Crippen molar-refractivity contribution in [2.45, 2.75) is 304 Å². The van der Waals surface area contributed by atoms with Gasteiger partial charge in [-0.05, 0) is 129 Å². The second-order valence-electron chi connectivity index (χ2n) is 29.9. The lowest BCUT2D eigenvalue weighted by molar-refractivity contribution is -0.134. The molecule has 1 rings (SSSR count). The van der Waals surface area contributed by atoms with E-state index in [1.807, 2.05) is 41.5 Å². The highest BCUT2D eigenvalue weighted by atomic mass is 32.2. The van der Waals surface area contributed by atoms with Gasteiger partial charge in [0.15, 0.2) is 0 Å². The monoisotopic (exact) mass is 885 g/mol. The molecule has 0 atom stereocenters. The van der Waals surface area contributed by atoms with E-state index in [9.17, 15) is 4.79 Å². The quantitative estimate of drug-likeness (QED) is 0.179. The highest BCUT2D eigenvalue weighted by Crippen LogP contribution is 2.67. The van der Waals surface area contributed by atoms with E-state index in [0.29, 0.717) is 42.4 Å². The van der Waals surface area contributed by atoms with Gasteiger partial charge in [-0.15, -0.1) is 0 Å². The van der Waals surface area contributed by atoms with E-state index in [1.165, 1.54) is 19.3 Å². The molecule has 0 aliphatic heterocycles. The van der Waals surface area contributed by atoms with Gasteiger partial charge >= 0.3 is 0 Å². The Hall–Kier alpha value is -0.590. The first-order valence-electron chi connectivity index (χ1n) is 23.0. The second kappa shape index (κ2) is 25.4. The van der Waals surface area contributed by atoms with Crippen LogP contribution in [-0.4, -0.2) is 32.3 Å². The average Bonchev–Trinajstić information content (AvgIpc) is 3.64. The van der Waals surface area contributed by atoms with Crippen molar-refractivity contribution in [2.75, 3.05) is 0 Å². The van der Waals surface area contributed by atoms with Gasteiger partial charge in [0, 0.05) is 31.2 Å². The summed E-state index contributed by atoms with van der Waals surface area (Å²) in [6, 6.07) is 0. The number of Topliss-reactive ketones (excluding diaryl/α,β-unsaturated/α-hetero) is 1. The number of hydrogen-bond donors (Lipinski definition) is 0. The van der Waals surface area contributed by atoms with Crippen molar-refractivity contribution in [3.63, 3.8) is 0 Å². The van der Waals surface area contributed by atoms with Gasteiger partial charge < -0.3 is 4.74 Å². The predicted molar refractivity (Wildman–Crippen MR) is 293 cm³/mol. The first kappa shape index (κ1) is 74.7. The van der Waals surface area contributed by atoms with Crippen molar-refractivity contribution < 1.29 is 9.53 Å². The molecule has 0 spiro atoms. The van der Waals surface area contributed by atoms with E-state index < -0.39 is 0 Å². The van der Waals surface area contributed by atoms with Crippen molar-refractivity contribution in [1.82, 2.24) is 0 Å². The van der Waals surface area contributed by atoms with E-state index in [4.69, 9.17) is 4.74 Å². The molecule has 3 heteroatoms. The fraction of sp³-hybridized carbons (Fsp3) is 0.931. The predicted octanol–water partition coefficient (Wildman–Crippen LogP) is 20.2. The van der Waals surface area contributed by atoms with Gasteiger partial charge in [0.1, 0.15) is 5.78 Å². The lowest BCUT2D eigenvalue weighted by Crippen LogP contribution is -2.34. The SMILES string of the molecule is C.C.C=S(C(C)(C)C)C(C)(C)C.CC(C)(C)C#CC(C)(C)C.CC(C)(C)C(=O)C(C)(C)C.CC(C)(C)C1(C(C)(C)C)CC1.CC(C)(C)CC(C)(C)C.CC(C)(C)OC(C)(C)C. The van der Waals surface area contributed by atoms with Crippen LogP contribution >= 0.6 is 10.5 Å². The largest absolute Gasteiger partial charge is 0.370 e. The Morgan fingerprint density at radius 2 is 0.672 bits per heavy atom. The summed E-state index contributed by atoms with van der Waals surface area (Å²) in [7, 11) is 0.245. The molecule has 0 amide bonds. The Morgan fingerprint density at radius 3 is 0.689 bits per heavy atom. The third-order valence-electron chi connectivity index (χ3n) is 8.95. The topological polar surface area (TPSA) is 26.3 Å². The van der Waals surface area contributed by atoms with Gasteiger partial charge in [0.05, 0.1) is 11.2 Å². The van der Waals surface area contributed by atoms with Crippen molar-refractivity contribution in [3.05, 3.63) is 0 Å². The molecule has 61 heavy (non-hydrogen) atoms. The first-order valence-corrected chi connectivity index (χ1v) is 24.4. The number of ketones is 1. The molecule has 0 radical (unpaired) electrons. The van der Waals surface area contributed by atoms with Crippen LogP contribution in [0.5, 0.6) is 0 Å². The molecule has 0 heterocycles. The van der Waals surface area contributed by atoms with Crippen LogP contribution in [0, 0.1) is 60.6 Å². The van der Waals surface area contributed by atoms with Crippen molar-refractivity contribution in [2.24, 2.45) is 48.7 Å². The minimum absolute atomic E-state index is 0. The molecule has 0 unspecified atom stereocenters. The van der Waals surface area contributed by atoms with Gasteiger partial charge in [-0.25, -0.2) is 0 Å². The smallest absolute Gasteiger partial charge is 0.143 e. The summed E-state index contributed by atoms with van der Waals surface area (Å²) in [6.07, 6.45) is 4.15. The minimum Gasteiger partial charge on any atom is -0.370 e. The van der Waals surface area contributed by atoms with Gasteiger partial charge in [-0.2, -0.15) is 10.5 Å². The Morgan fingerprint density at radius 1 is 0.459 bits per heavy atom. The maximum Gasteiger partial charge on any atom is 0.143 e. The lowest BCUT2D eigenvalue weighted by atomic mass is 9.63. The van der Waals surface area contributed by atoms with Crippen molar-refractivity contribution in [3.8, 4) is 11.8 Å². The molecule has 374 valence electrons. The van der Waals surface area contributed by atoms with E-state index in [0.717, 1.165) is 0 Å². The second-order valence-corrected chi connectivity index (χ2v) is 33.1. The van der Waals surface area contributed by atoms with Gasteiger partial charge in [0.25, 0.3) is 0 Å². The normalized spacial score (nSPS) is 14.9. The summed E-state index contributed by atoms with van der Waals surface area (Å²) in [5, 5.41) is 0. The van der Waals surface area contributed by atoms with Crippen LogP contribution in [0.15, 0.2) is 0 Å². The average molecular weight is 886 g/mol. The standard InChI is InChI=1S/C11H22.C10H18.C9H18O.C9H20S.C9H20.C8H18O.2CH4/c1-9(2,3)11(7-8-11)10(4,5)6;1-9(2,3)7-8-10(4,5)6;1-8(2,3)7(10)9(4,5)6;1-8(2,3)10(7)9(4,5)6;1-8(2,3)7-9(4,5)6;1-7(2,3)9-8(4,5)6;;/h7-8H2,1-6H3;2*1-6H3;7H2,1-6H3;7H2,1-6H3;1-6H3;2*1H4. The van der Waals surface area contributed by atoms with Gasteiger partial charge in [-0.3, -0.25) is 4.79 Å². The molecule has 0 aromatic carbocycles. The van der Waals surface area contributed by atoms with Crippen LogP contribution in [0.3, 0.4) is 0 Å². The van der Waals surface area contributed by atoms with Crippen LogP contribution in [0.1, 0.15) is 283 Å². The molecular weight excluding hydrogens is 761 g/mol. The molecule has 1 fully saturated rings. The molecular formula is C58H124O2S. The Labute approximate surface area is 394 Å². The van der Waals surface area contributed by atoms with Gasteiger partial charge in [0.2, 0.25) is 0 Å². The molecule has 1 aliphatic carbocycles. The zero-order valence-electron chi connectivity index (χ0n) is 48.1. The summed E-state index contributed by atoms with van der Waals surface area (Å²) < 4.78 is 6.34. The molecule has 0 bridgehead atoms. The van der Waals surface area contributed by atoms with Crippen molar-refractivity contribution in [1.29, 1.82) is 0 Å².